The van der Waals surface area contributed by atoms with E-state index >= 15 is 0 Å². The molecule has 1 aliphatic carbocycles. The number of fused-ring (bicyclic) bond motifs is 1. The Balaban J connectivity index is 1.65. The van der Waals surface area contributed by atoms with Crippen LogP contribution in [0.5, 0.6) is 0 Å². The number of hydrogen-bond donors (Lipinski definition) is 1. The van der Waals surface area contributed by atoms with Crippen LogP contribution >= 0.6 is 0 Å². The van der Waals surface area contributed by atoms with Crippen molar-refractivity contribution in [3.05, 3.63) is 35.0 Å². The summed E-state index contributed by atoms with van der Waals surface area (Å²) in [5.74, 6) is 2.62. The average molecular weight is 337 g/mol. The van der Waals surface area contributed by atoms with Gasteiger partial charge in [0.05, 0.1) is 22.8 Å². The Hall–Kier alpha value is -2.14. The molecule has 1 saturated carbocycles. The van der Waals surface area contributed by atoms with Crippen molar-refractivity contribution in [3.8, 4) is 11.1 Å². The SMILES string of the molecule is Cc1noc(C)c1-c1cc(CC2CCCO2)c2nc(C3CC3)[nH]c2c1. The van der Waals surface area contributed by atoms with Crippen LogP contribution in [0.2, 0.25) is 0 Å². The summed E-state index contributed by atoms with van der Waals surface area (Å²) in [6, 6.07) is 4.45. The van der Waals surface area contributed by atoms with E-state index in [1.54, 1.807) is 0 Å². The molecule has 2 aliphatic rings. The lowest BCUT2D eigenvalue weighted by atomic mass is 9.97. The topological polar surface area (TPSA) is 63.9 Å². The number of aromatic amines is 1. The molecule has 1 atom stereocenters. The van der Waals surface area contributed by atoms with E-state index < -0.39 is 0 Å². The fourth-order valence-electron chi connectivity index (χ4n) is 4.00. The molecule has 130 valence electrons. The molecule has 2 aromatic heterocycles. The third kappa shape index (κ3) is 2.67. The lowest BCUT2D eigenvalue weighted by molar-refractivity contribution is 0.111. The number of nitrogens with one attached hydrogen (secondary N) is 1. The van der Waals surface area contributed by atoms with Crippen molar-refractivity contribution in [2.75, 3.05) is 6.61 Å². The lowest BCUT2D eigenvalue weighted by Crippen LogP contribution is -2.09. The maximum absolute atomic E-state index is 5.88. The van der Waals surface area contributed by atoms with Gasteiger partial charge in [0.15, 0.2) is 0 Å². The predicted octanol–water partition coefficient (Wildman–Crippen LogP) is 4.43. The number of ether oxygens (including phenoxy) is 1. The molecule has 3 heterocycles. The minimum Gasteiger partial charge on any atom is -0.378 e. The normalized spacial score (nSPS) is 20.6. The third-order valence-electron chi connectivity index (χ3n) is 5.44. The van der Waals surface area contributed by atoms with Crippen LogP contribution in [0.15, 0.2) is 16.7 Å². The highest BCUT2D eigenvalue weighted by atomic mass is 16.5. The number of hydrogen-bond acceptors (Lipinski definition) is 4. The summed E-state index contributed by atoms with van der Waals surface area (Å²) in [5, 5.41) is 4.12. The second-order valence-electron chi connectivity index (χ2n) is 7.47. The number of aromatic nitrogens is 3. The van der Waals surface area contributed by atoms with Crippen molar-refractivity contribution in [1.29, 1.82) is 0 Å². The lowest BCUT2D eigenvalue weighted by Gasteiger charge is -2.11. The highest BCUT2D eigenvalue weighted by Gasteiger charge is 2.28. The van der Waals surface area contributed by atoms with Gasteiger partial charge in [-0.25, -0.2) is 4.98 Å². The van der Waals surface area contributed by atoms with Gasteiger partial charge in [0, 0.05) is 24.5 Å². The number of aryl methyl sites for hydroxylation is 2. The minimum absolute atomic E-state index is 0.309. The maximum atomic E-state index is 5.88. The Bertz CT molecular complexity index is 910. The van der Waals surface area contributed by atoms with Crippen LogP contribution < -0.4 is 0 Å². The van der Waals surface area contributed by atoms with Gasteiger partial charge in [-0.15, -0.1) is 0 Å². The van der Waals surface area contributed by atoms with E-state index in [1.807, 2.05) is 13.8 Å². The van der Waals surface area contributed by atoms with Crippen molar-refractivity contribution >= 4 is 11.0 Å². The Morgan fingerprint density at radius 2 is 2.08 bits per heavy atom. The van der Waals surface area contributed by atoms with Crippen LogP contribution in [0.3, 0.4) is 0 Å². The molecule has 1 saturated heterocycles. The summed E-state index contributed by atoms with van der Waals surface area (Å²) >= 11 is 0. The molecule has 25 heavy (non-hydrogen) atoms. The van der Waals surface area contributed by atoms with Gasteiger partial charge in [0.25, 0.3) is 0 Å². The average Bonchev–Trinajstić information content (AvgIpc) is 3.00. The minimum atomic E-state index is 0.309. The van der Waals surface area contributed by atoms with Gasteiger partial charge in [-0.2, -0.15) is 0 Å². The molecule has 1 aromatic carbocycles. The first-order chi connectivity index (χ1) is 12.2. The molecular formula is C20H23N3O2. The first-order valence-corrected chi connectivity index (χ1v) is 9.26. The van der Waals surface area contributed by atoms with Crippen LogP contribution in [0.4, 0.5) is 0 Å². The molecule has 5 heteroatoms. The largest absolute Gasteiger partial charge is 0.378 e. The Kier molecular flexibility index (Phi) is 3.45. The molecule has 1 aliphatic heterocycles. The molecule has 3 aromatic rings. The number of nitrogens with zero attached hydrogens (tertiary/aromatic N) is 2. The van der Waals surface area contributed by atoms with Gasteiger partial charge >= 0.3 is 0 Å². The maximum Gasteiger partial charge on any atom is 0.141 e. The van der Waals surface area contributed by atoms with Crippen molar-refractivity contribution in [1.82, 2.24) is 15.1 Å². The fourth-order valence-corrected chi connectivity index (χ4v) is 4.00. The third-order valence-corrected chi connectivity index (χ3v) is 5.44. The van der Waals surface area contributed by atoms with Gasteiger partial charge in [0.2, 0.25) is 0 Å². The predicted molar refractivity (Wildman–Crippen MR) is 95.7 cm³/mol. The van der Waals surface area contributed by atoms with Crippen molar-refractivity contribution in [3.63, 3.8) is 0 Å². The number of imidazole rings is 1. The molecular weight excluding hydrogens is 314 g/mol. The summed E-state index contributed by atoms with van der Waals surface area (Å²) in [6.45, 7) is 4.85. The van der Waals surface area contributed by atoms with E-state index in [-0.39, 0.29) is 0 Å². The van der Waals surface area contributed by atoms with Crippen molar-refractivity contribution < 1.29 is 9.26 Å². The van der Waals surface area contributed by atoms with E-state index in [0.29, 0.717) is 12.0 Å². The van der Waals surface area contributed by atoms with E-state index in [1.165, 1.54) is 18.4 Å². The smallest absolute Gasteiger partial charge is 0.141 e. The zero-order chi connectivity index (χ0) is 17.0. The number of rotatable bonds is 4. The molecule has 1 N–H and O–H groups in total. The van der Waals surface area contributed by atoms with Gasteiger partial charge in [-0.05, 0) is 62.8 Å². The van der Waals surface area contributed by atoms with Gasteiger partial charge in [-0.3, -0.25) is 0 Å². The summed E-state index contributed by atoms with van der Waals surface area (Å²) in [7, 11) is 0. The monoisotopic (exact) mass is 337 g/mol. The van der Waals surface area contributed by atoms with Crippen molar-refractivity contribution in [2.45, 2.75) is 58.0 Å². The van der Waals surface area contributed by atoms with E-state index in [4.69, 9.17) is 14.2 Å². The van der Waals surface area contributed by atoms with E-state index in [9.17, 15) is 0 Å². The van der Waals surface area contributed by atoms with Gasteiger partial charge in [-0.1, -0.05) is 5.16 Å². The molecule has 5 nitrogen and oxygen atoms in total. The number of benzene rings is 1. The number of H-pyrrole nitrogens is 1. The molecule has 0 radical (unpaired) electrons. The van der Waals surface area contributed by atoms with Gasteiger partial charge < -0.3 is 14.2 Å². The van der Waals surface area contributed by atoms with Gasteiger partial charge in [0.1, 0.15) is 11.6 Å². The Labute approximate surface area is 146 Å². The zero-order valence-electron chi connectivity index (χ0n) is 14.8. The zero-order valence-corrected chi connectivity index (χ0v) is 14.8. The van der Waals surface area contributed by atoms with Crippen LogP contribution in [0.1, 0.15) is 54.4 Å². The first kappa shape index (κ1) is 15.1. The quantitative estimate of drug-likeness (QED) is 0.765. The standard InChI is InChI=1S/C20H23N3O2/c1-11-18(12(2)25-23-11)14-8-15(9-16-4-3-7-24-16)19-17(10-14)21-20(22-19)13-5-6-13/h8,10,13,16H,3-7,9H2,1-2H3,(H,21,22). The molecule has 0 amide bonds. The highest BCUT2D eigenvalue weighted by Crippen LogP contribution is 2.40. The second-order valence-corrected chi connectivity index (χ2v) is 7.47. The van der Waals surface area contributed by atoms with Crippen LogP contribution in [-0.2, 0) is 11.2 Å². The molecule has 2 fully saturated rings. The summed E-state index contributed by atoms with van der Waals surface area (Å²) in [5.41, 5.74) is 6.67. The van der Waals surface area contributed by atoms with Crippen molar-refractivity contribution in [2.24, 2.45) is 0 Å². The molecule has 1 unspecified atom stereocenters. The highest BCUT2D eigenvalue weighted by molar-refractivity contribution is 5.86. The molecule has 5 rings (SSSR count). The second kappa shape index (κ2) is 5.70. The molecule has 0 bridgehead atoms. The summed E-state index contributed by atoms with van der Waals surface area (Å²) < 4.78 is 11.3. The summed E-state index contributed by atoms with van der Waals surface area (Å²) in [6.07, 6.45) is 6.02. The van der Waals surface area contributed by atoms with Crippen LogP contribution in [0, 0.1) is 13.8 Å². The molecule has 0 spiro atoms. The van der Waals surface area contributed by atoms with Crippen LogP contribution in [-0.4, -0.2) is 27.8 Å². The summed E-state index contributed by atoms with van der Waals surface area (Å²) in [4.78, 5) is 8.49. The Morgan fingerprint density at radius 3 is 2.76 bits per heavy atom. The Morgan fingerprint density at radius 1 is 1.20 bits per heavy atom. The van der Waals surface area contributed by atoms with E-state index in [0.717, 1.165) is 65.3 Å². The van der Waals surface area contributed by atoms with Crippen LogP contribution in [0.25, 0.3) is 22.2 Å². The fraction of sp³-hybridized carbons (Fsp3) is 0.500. The first-order valence-electron chi connectivity index (χ1n) is 9.26. The van der Waals surface area contributed by atoms with E-state index in [2.05, 4.69) is 22.3 Å².